The minimum atomic E-state index is -0.693. The lowest BCUT2D eigenvalue weighted by atomic mass is 10.1. The number of rotatable bonds is 3. The van der Waals surface area contributed by atoms with Crippen molar-refractivity contribution in [3.63, 3.8) is 0 Å². The molecular formula is C16H22N2O4. The zero-order valence-electron chi connectivity index (χ0n) is 13.2. The van der Waals surface area contributed by atoms with Crippen LogP contribution in [0.2, 0.25) is 0 Å². The van der Waals surface area contributed by atoms with Crippen LogP contribution in [0.1, 0.15) is 27.2 Å². The first-order chi connectivity index (χ1) is 10.3. The highest BCUT2D eigenvalue weighted by molar-refractivity contribution is 5.86. The van der Waals surface area contributed by atoms with E-state index in [4.69, 9.17) is 9.57 Å². The van der Waals surface area contributed by atoms with E-state index in [1.54, 1.807) is 0 Å². The monoisotopic (exact) mass is 306 g/mol. The van der Waals surface area contributed by atoms with E-state index in [1.807, 2.05) is 51.1 Å². The van der Waals surface area contributed by atoms with Crippen LogP contribution < -0.4 is 5.48 Å². The molecule has 0 aliphatic carbocycles. The average molecular weight is 306 g/mol. The van der Waals surface area contributed by atoms with Crippen molar-refractivity contribution in [2.45, 2.75) is 38.9 Å². The van der Waals surface area contributed by atoms with Crippen molar-refractivity contribution < 1.29 is 19.2 Å². The van der Waals surface area contributed by atoms with Gasteiger partial charge in [-0.05, 0) is 32.9 Å². The largest absolute Gasteiger partial charge is 0.444 e. The van der Waals surface area contributed by atoms with E-state index in [9.17, 15) is 9.59 Å². The fourth-order valence-electron chi connectivity index (χ4n) is 2.04. The normalized spacial score (nSPS) is 19.0. The van der Waals surface area contributed by atoms with Crippen LogP contribution in [0.15, 0.2) is 30.3 Å². The predicted molar refractivity (Wildman–Crippen MR) is 82.4 cm³/mol. The number of carbonyl (C=O) groups is 2. The van der Waals surface area contributed by atoms with Gasteiger partial charge in [-0.25, -0.2) is 4.79 Å². The fourth-order valence-corrected chi connectivity index (χ4v) is 2.04. The van der Waals surface area contributed by atoms with Gasteiger partial charge in [0.05, 0.1) is 12.2 Å². The van der Waals surface area contributed by atoms with Gasteiger partial charge < -0.3 is 9.64 Å². The lowest BCUT2D eigenvalue weighted by Crippen LogP contribution is -2.50. The van der Waals surface area contributed by atoms with Crippen LogP contribution in [0.25, 0.3) is 0 Å². The van der Waals surface area contributed by atoms with Crippen LogP contribution in [0, 0.1) is 0 Å². The number of carbonyl (C=O) groups excluding carboxylic acids is 2. The van der Waals surface area contributed by atoms with Gasteiger partial charge in [0.15, 0.2) is 11.9 Å². The Morgan fingerprint density at radius 2 is 1.95 bits per heavy atom. The highest BCUT2D eigenvalue weighted by atomic mass is 16.7. The van der Waals surface area contributed by atoms with Crippen molar-refractivity contribution in [3.8, 4) is 0 Å². The zero-order valence-corrected chi connectivity index (χ0v) is 13.2. The third-order valence-electron chi connectivity index (χ3n) is 3.12. The Morgan fingerprint density at radius 3 is 2.59 bits per heavy atom. The minimum Gasteiger partial charge on any atom is -0.444 e. The summed E-state index contributed by atoms with van der Waals surface area (Å²) in [5.74, 6) is -0.0248. The molecule has 2 rings (SSSR count). The van der Waals surface area contributed by atoms with Gasteiger partial charge in [0, 0.05) is 13.0 Å². The summed E-state index contributed by atoms with van der Waals surface area (Å²) < 4.78 is 5.32. The van der Waals surface area contributed by atoms with E-state index in [0.717, 1.165) is 5.69 Å². The molecule has 1 aromatic rings. The number of piperidine rings is 1. The standard InChI is InChI=1S/C16H22N2O4/c1-16(2,3)21-15(20)18-10-9-13(19)14(11-18)22-17-12-7-5-4-6-8-12/h4-8,14,17H,9-11H2,1-3H3/t14-/m1/s1. The third kappa shape index (κ3) is 4.73. The Balaban J connectivity index is 1.91. The highest BCUT2D eigenvalue weighted by Gasteiger charge is 2.33. The molecule has 0 saturated carbocycles. The summed E-state index contributed by atoms with van der Waals surface area (Å²) in [5.41, 5.74) is 2.95. The lowest BCUT2D eigenvalue weighted by Gasteiger charge is -2.33. The smallest absolute Gasteiger partial charge is 0.410 e. The number of benzene rings is 1. The molecule has 1 aliphatic rings. The SMILES string of the molecule is CC(C)(C)OC(=O)N1CCC(=O)[C@H](ONc2ccccc2)C1. The van der Waals surface area contributed by atoms with E-state index < -0.39 is 17.8 Å². The van der Waals surface area contributed by atoms with Crippen LogP contribution in [0.4, 0.5) is 10.5 Å². The highest BCUT2D eigenvalue weighted by Crippen LogP contribution is 2.16. The molecule has 1 fully saturated rings. The summed E-state index contributed by atoms with van der Waals surface area (Å²) in [6.45, 7) is 5.98. The lowest BCUT2D eigenvalue weighted by molar-refractivity contribution is -0.133. The van der Waals surface area contributed by atoms with Gasteiger partial charge in [0.25, 0.3) is 0 Å². The molecule has 6 nitrogen and oxygen atoms in total. The number of para-hydroxylation sites is 1. The molecule has 0 radical (unpaired) electrons. The molecule has 22 heavy (non-hydrogen) atoms. The molecule has 6 heteroatoms. The van der Waals surface area contributed by atoms with Gasteiger partial charge in [0.1, 0.15) is 5.60 Å². The second-order valence-electron chi connectivity index (χ2n) is 6.22. The second kappa shape index (κ2) is 6.79. The summed E-state index contributed by atoms with van der Waals surface area (Å²) >= 11 is 0. The van der Waals surface area contributed by atoms with Crippen LogP contribution in [0.3, 0.4) is 0 Å². The molecule has 1 heterocycles. The van der Waals surface area contributed by atoms with E-state index >= 15 is 0 Å². The summed E-state index contributed by atoms with van der Waals surface area (Å²) in [5, 5.41) is 0. The molecule has 1 atom stereocenters. The van der Waals surface area contributed by atoms with Crippen molar-refractivity contribution in [2.75, 3.05) is 18.6 Å². The van der Waals surface area contributed by atoms with Crippen molar-refractivity contribution in [1.82, 2.24) is 4.90 Å². The number of anilines is 1. The number of Topliss-reactive ketones (excluding diaryl/α,β-unsaturated/α-hetero) is 1. The summed E-state index contributed by atoms with van der Waals surface area (Å²) in [6.07, 6.45) is -0.852. The van der Waals surface area contributed by atoms with Crippen LogP contribution in [-0.2, 0) is 14.4 Å². The Labute approximate surface area is 130 Å². The Hall–Kier alpha value is -2.08. The van der Waals surface area contributed by atoms with Gasteiger partial charge in [-0.1, -0.05) is 18.2 Å². The number of likely N-dealkylation sites (tertiary alicyclic amines) is 1. The number of hydrogen-bond acceptors (Lipinski definition) is 5. The van der Waals surface area contributed by atoms with Gasteiger partial charge >= 0.3 is 6.09 Å². The molecule has 1 aliphatic heterocycles. The molecule has 1 aromatic carbocycles. The van der Waals surface area contributed by atoms with E-state index in [0.29, 0.717) is 6.54 Å². The maximum Gasteiger partial charge on any atom is 0.410 e. The topological polar surface area (TPSA) is 67.9 Å². The molecule has 1 saturated heterocycles. The van der Waals surface area contributed by atoms with E-state index in [2.05, 4.69) is 5.48 Å². The van der Waals surface area contributed by atoms with Gasteiger partial charge in [-0.3, -0.25) is 15.1 Å². The number of amides is 1. The van der Waals surface area contributed by atoms with Crippen molar-refractivity contribution in [1.29, 1.82) is 0 Å². The van der Waals surface area contributed by atoms with Crippen LogP contribution >= 0.6 is 0 Å². The Bertz CT molecular complexity index is 525. The quantitative estimate of drug-likeness (QED) is 0.869. The van der Waals surface area contributed by atoms with Crippen molar-refractivity contribution >= 4 is 17.6 Å². The summed E-state index contributed by atoms with van der Waals surface area (Å²) in [7, 11) is 0. The zero-order chi connectivity index (χ0) is 16.2. The first-order valence-electron chi connectivity index (χ1n) is 7.32. The summed E-state index contributed by atoms with van der Waals surface area (Å²) in [4.78, 5) is 30.9. The third-order valence-corrected chi connectivity index (χ3v) is 3.12. The van der Waals surface area contributed by atoms with Gasteiger partial charge in [0.2, 0.25) is 0 Å². The number of nitrogens with zero attached hydrogens (tertiary/aromatic N) is 1. The minimum absolute atomic E-state index is 0.0248. The number of ether oxygens (including phenoxy) is 1. The van der Waals surface area contributed by atoms with Crippen LogP contribution in [-0.4, -0.2) is 41.6 Å². The molecular weight excluding hydrogens is 284 g/mol. The average Bonchev–Trinajstić information content (AvgIpc) is 2.45. The van der Waals surface area contributed by atoms with E-state index in [1.165, 1.54) is 4.90 Å². The van der Waals surface area contributed by atoms with E-state index in [-0.39, 0.29) is 18.7 Å². The molecule has 0 aromatic heterocycles. The molecule has 0 spiro atoms. The molecule has 1 amide bonds. The van der Waals surface area contributed by atoms with Crippen LogP contribution in [0.5, 0.6) is 0 Å². The first kappa shape index (κ1) is 16.3. The second-order valence-corrected chi connectivity index (χ2v) is 6.22. The number of ketones is 1. The molecule has 0 unspecified atom stereocenters. The Morgan fingerprint density at radius 1 is 1.27 bits per heavy atom. The predicted octanol–water partition coefficient (Wildman–Crippen LogP) is 2.61. The Kier molecular flexibility index (Phi) is 5.03. The van der Waals surface area contributed by atoms with Gasteiger partial charge in [-0.15, -0.1) is 0 Å². The van der Waals surface area contributed by atoms with Crippen molar-refractivity contribution in [3.05, 3.63) is 30.3 Å². The van der Waals surface area contributed by atoms with Gasteiger partial charge in [-0.2, -0.15) is 0 Å². The van der Waals surface area contributed by atoms with Crippen molar-refractivity contribution in [2.24, 2.45) is 0 Å². The fraction of sp³-hybridized carbons (Fsp3) is 0.500. The maximum atomic E-state index is 12.1. The summed E-state index contributed by atoms with van der Waals surface area (Å²) in [6, 6.07) is 9.28. The number of nitrogens with one attached hydrogen (secondary N) is 1. The number of hydrogen-bond donors (Lipinski definition) is 1. The maximum absolute atomic E-state index is 12.1. The molecule has 1 N–H and O–H groups in total. The molecule has 120 valence electrons. The molecule has 0 bridgehead atoms. The first-order valence-corrected chi connectivity index (χ1v) is 7.32.